The van der Waals surface area contributed by atoms with Gasteiger partial charge in [0.25, 0.3) is 0 Å². The van der Waals surface area contributed by atoms with Crippen LogP contribution in [0.4, 0.5) is 0 Å². The summed E-state index contributed by atoms with van der Waals surface area (Å²) >= 11 is 9.64. The zero-order valence-corrected chi connectivity index (χ0v) is 11.3. The molecule has 0 heterocycles. The van der Waals surface area contributed by atoms with E-state index >= 15 is 0 Å². The van der Waals surface area contributed by atoms with Crippen LogP contribution in [0.15, 0.2) is 10.5 Å². The summed E-state index contributed by atoms with van der Waals surface area (Å²) in [7, 11) is 0. The largest absolute Gasteiger partial charge is 0.322 e. The SMILES string of the molecule is Cc1c(Cl)cc(C(C)(C)N)c(C)c1Br. The number of hydrogen-bond donors (Lipinski definition) is 1. The van der Waals surface area contributed by atoms with Crippen molar-refractivity contribution in [2.45, 2.75) is 33.2 Å². The van der Waals surface area contributed by atoms with Crippen LogP contribution < -0.4 is 5.73 Å². The molecule has 0 saturated carbocycles. The first-order chi connectivity index (χ1) is 6.25. The third kappa shape index (κ3) is 2.13. The van der Waals surface area contributed by atoms with E-state index in [0.29, 0.717) is 0 Å². The van der Waals surface area contributed by atoms with Gasteiger partial charge in [0.1, 0.15) is 0 Å². The number of nitrogens with two attached hydrogens (primary N) is 1. The monoisotopic (exact) mass is 275 g/mol. The molecule has 3 heteroatoms. The Labute approximate surface area is 98.8 Å². The van der Waals surface area contributed by atoms with Gasteiger partial charge in [-0.15, -0.1) is 0 Å². The molecule has 0 aliphatic carbocycles. The highest BCUT2D eigenvalue weighted by molar-refractivity contribution is 9.10. The maximum absolute atomic E-state index is 6.11. The van der Waals surface area contributed by atoms with Gasteiger partial charge in [-0.25, -0.2) is 0 Å². The van der Waals surface area contributed by atoms with Crippen molar-refractivity contribution < 1.29 is 0 Å². The normalized spacial score (nSPS) is 11.9. The molecule has 0 bridgehead atoms. The lowest BCUT2D eigenvalue weighted by molar-refractivity contribution is 0.550. The van der Waals surface area contributed by atoms with E-state index in [0.717, 1.165) is 20.6 Å². The van der Waals surface area contributed by atoms with Crippen molar-refractivity contribution in [3.05, 3.63) is 32.3 Å². The first kappa shape index (κ1) is 12.0. The molecule has 0 spiro atoms. The lowest BCUT2D eigenvalue weighted by Gasteiger charge is -2.23. The van der Waals surface area contributed by atoms with Gasteiger partial charge in [0, 0.05) is 15.0 Å². The highest BCUT2D eigenvalue weighted by Gasteiger charge is 2.20. The Balaban J connectivity index is 3.49. The first-order valence-electron chi connectivity index (χ1n) is 4.49. The van der Waals surface area contributed by atoms with Crippen LogP contribution in [0.3, 0.4) is 0 Å². The molecule has 2 N–H and O–H groups in total. The van der Waals surface area contributed by atoms with Crippen LogP contribution in [0.25, 0.3) is 0 Å². The maximum Gasteiger partial charge on any atom is 0.0450 e. The summed E-state index contributed by atoms with van der Waals surface area (Å²) in [4.78, 5) is 0. The average Bonchev–Trinajstić information content (AvgIpc) is 2.06. The van der Waals surface area contributed by atoms with Gasteiger partial charge < -0.3 is 5.73 Å². The van der Waals surface area contributed by atoms with E-state index in [1.54, 1.807) is 0 Å². The van der Waals surface area contributed by atoms with E-state index in [4.69, 9.17) is 17.3 Å². The molecule has 0 radical (unpaired) electrons. The molecule has 0 amide bonds. The van der Waals surface area contributed by atoms with E-state index in [2.05, 4.69) is 22.9 Å². The molecule has 0 unspecified atom stereocenters. The second-order valence-electron chi connectivity index (χ2n) is 4.19. The zero-order chi connectivity index (χ0) is 11.1. The average molecular weight is 277 g/mol. The van der Waals surface area contributed by atoms with Gasteiger partial charge >= 0.3 is 0 Å². The highest BCUT2D eigenvalue weighted by Crippen LogP contribution is 2.34. The number of hydrogen-bond acceptors (Lipinski definition) is 1. The zero-order valence-electron chi connectivity index (χ0n) is 8.91. The summed E-state index contributed by atoms with van der Waals surface area (Å²) in [5.74, 6) is 0. The Bertz CT molecular complexity index is 367. The topological polar surface area (TPSA) is 26.0 Å². The van der Waals surface area contributed by atoms with Gasteiger partial charge in [-0.3, -0.25) is 0 Å². The Kier molecular flexibility index (Phi) is 3.30. The van der Waals surface area contributed by atoms with Crippen molar-refractivity contribution in [3.63, 3.8) is 0 Å². The van der Waals surface area contributed by atoms with Crippen molar-refractivity contribution in [1.29, 1.82) is 0 Å². The fourth-order valence-electron chi connectivity index (χ4n) is 1.52. The number of rotatable bonds is 1. The minimum absolute atomic E-state index is 0.357. The van der Waals surface area contributed by atoms with Crippen LogP contribution in [0.5, 0.6) is 0 Å². The molecular formula is C11H15BrClN. The molecular weight excluding hydrogens is 261 g/mol. The van der Waals surface area contributed by atoms with E-state index in [1.165, 1.54) is 5.56 Å². The Morgan fingerprint density at radius 1 is 1.29 bits per heavy atom. The van der Waals surface area contributed by atoms with Crippen LogP contribution in [-0.2, 0) is 5.54 Å². The van der Waals surface area contributed by atoms with Gasteiger partial charge in [-0.1, -0.05) is 27.5 Å². The van der Waals surface area contributed by atoms with Crippen LogP contribution >= 0.6 is 27.5 Å². The van der Waals surface area contributed by atoms with Gasteiger partial charge in [-0.2, -0.15) is 0 Å². The molecule has 1 aromatic carbocycles. The smallest absolute Gasteiger partial charge is 0.0450 e. The summed E-state index contributed by atoms with van der Waals surface area (Å²) in [6.45, 7) is 8.00. The van der Waals surface area contributed by atoms with Crippen molar-refractivity contribution in [2.75, 3.05) is 0 Å². The molecule has 78 valence electrons. The van der Waals surface area contributed by atoms with Crippen molar-refractivity contribution in [2.24, 2.45) is 5.73 Å². The van der Waals surface area contributed by atoms with Crippen LogP contribution in [-0.4, -0.2) is 0 Å². The second-order valence-corrected chi connectivity index (χ2v) is 5.39. The van der Waals surface area contributed by atoms with Gasteiger partial charge in [0.2, 0.25) is 0 Å². The molecule has 14 heavy (non-hydrogen) atoms. The van der Waals surface area contributed by atoms with E-state index in [9.17, 15) is 0 Å². The molecule has 1 aromatic rings. The molecule has 0 aliphatic rings. The predicted octanol–water partition coefficient (Wildman–Crippen LogP) is 3.91. The summed E-state index contributed by atoms with van der Waals surface area (Å²) < 4.78 is 1.05. The standard InChI is InChI=1S/C11H15BrClN/c1-6-8(11(3,4)14)5-9(13)7(2)10(6)12/h5H,14H2,1-4H3. The molecule has 0 saturated heterocycles. The Morgan fingerprint density at radius 3 is 2.21 bits per heavy atom. The molecule has 0 aliphatic heterocycles. The van der Waals surface area contributed by atoms with Crippen molar-refractivity contribution in [1.82, 2.24) is 0 Å². The summed E-state index contributed by atoms with van der Waals surface area (Å²) in [6.07, 6.45) is 0. The molecule has 1 rings (SSSR count). The summed E-state index contributed by atoms with van der Waals surface area (Å²) in [5.41, 5.74) is 9.03. The van der Waals surface area contributed by atoms with E-state index in [-0.39, 0.29) is 5.54 Å². The summed E-state index contributed by atoms with van der Waals surface area (Å²) in [5, 5.41) is 0.760. The third-order valence-corrected chi connectivity index (χ3v) is 3.97. The lowest BCUT2D eigenvalue weighted by Crippen LogP contribution is -2.29. The number of benzene rings is 1. The van der Waals surface area contributed by atoms with E-state index in [1.807, 2.05) is 26.8 Å². The molecule has 1 nitrogen and oxygen atoms in total. The third-order valence-electron chi connectivity index (χ3n) is 2.39. The van der Waals surface area contributed by atoms with Gasteiger partial charge in [-0.05, 0) is 50.5 Å². The molecule has 0 aromatic heterocycles. The minimum atomic E-state index is -0.357. The van der Waals surface area contributed by atoms with Crippen LogP contribution in [0, 0.1) is 13.8 Å². The van der Waals surface area contributed by atoms with Gasteiger partial charge in [0.05, 0.1) is 0 Å². The van der Waals surface area contributed by atoms with E-state index < -0.39 is 0 Å². The molecule has 0 atom stereocenters. The Hall–Kier alpha value is -0.0500. The maximum atomic E-state index is 6.11. The fourth-order valence-corrected chi connectivity index (χ4v) is 2.26. The van der Waals surface area contributed by atoms with Crippen molar-refractivity contribution in [3.8, 4) is 0 Å². The highest BCUT2D eigenvalue weighted by atomic mass is 79.9. The lowest BCUT2D eigenvalue weighted by atomic mass is 9.90. The second kappa shape index (κ2) is 3.84. The van der Waals surface area contributed by atoms with Crippen molar-refractivity contribution >= 4 is 27.5 Å². The Morgan fingerprint density at radius 2 is 1.79 bits per heavy atom. The van der Waals surface area contributed by atoms with Gasteiger partial charge in [0.15, 0.2) is 0 Å². The first-order valence-corrected chi connectivity index (χ1v) is 5.66. The quantitative estimate of drug-likeness (QED) is 0.827. The minimum Gasteiger partial charge on any atom is -0.322 e. The van der Waals surface area contributed by atoms with Crippen LogP contribution in [0.2, 0.25) is 5.02 Å². The number of halogens is 2. The van der Waals surface area contributed by atoms with Crippen LogP contribution in [0.1, 0.15) is 30.5 Å². The fraction of sp³-hybridized carbons (Fsp3) is 0.455. The molecule has 0 fully saturated rings. The summed E-state index contributed by atoms with van der Waals surface area (Å²) in [6, 6.07) is 1.96. The predicted molar refractivity (Wildman–Crippen MR) is 65.8 cm³/mol.